The van der Waals surface area contributed by atoms with Crippen LogP contribution < -0.4 is 0 Å². The lowest BCUT2D eigenvalue weighted by Gasteiger charge is -2.46. The largest absolute Gasteiger partial charge is 0.375 e. The summed E-state index contributed by atoms with van der Waals surface area (Å²) in [7, 11) is 0. The monoisotopic (exact) mass is 428 g/mol. The van der Waals surface area contributed by atoms with Crippen molar-refractivity contribution in [1.82, 2.24) is 0 Å². The molecule has 7 unspecified atom stereocenters. The van der Waals surface area contributed by atoms with Crippen molar-refractivity contribution in [1.29, 1.82) is 0 Å². The Hall–Kier alpha value is -0.510. The van der Waals surface area contributed by atoms with Crippen molar-refractivity contribution >= 4 is 0 Å². The van der Waals surface area contributed by atoms with E-state index in [9.17, 15) is 4.39 Å². The van der Waals surface area contributed by atoms with Crippen LogP contribution >= 0.6 is 0 Å². The predicted molar refractivity (Wildman–Crippen MR) is 118 cm³/mol. The third kappa shape index (κ3) is 6.04. The van der Waals surface area contributed by atoms with Gasteiger partial charge in [0.05, 0.1) is 6.10 Å². The lowest BCUT2D eigenvalue weighted by molar-refractivity contribution is -0.119. The zero-order chi connectivity index (χ0) is 21.5. The van der Waals surface area contributed by atoms with Gasteiger partial charge >= 0.3 is 0 Å². The maximum absolute atomic E-state index is 15.0. The van der Waals surface area contributed by atoms with Crippen molar-refractivity contribution in [2.45, 2.75) is 116 Å². The fraction of sp³-hybridized carbons (Fsp3) is 0.923. The molecule has 0 aromatic carbocycles. The fourth-order valence-electron chi connectivity index (χ4n) is 6.08. The number of allylic oxidation sites excluding steroid dienone is 2. The summed E-state index contributed by atoms with van der Waals surface area (Å²) in [6.45, 7) is 4.82. The zero-order valence-corrected chi connectivity index (χ0v) is 19.1. The van der Waals surface area contributed by atoms with Crippen LogP contribution in [0.15, 0.2) is 12.2 Å². The molecule has 0 heterocycles. The standard InChI is InChI=1S/C26H43F3O/c1-3-5-7-18-8-10-19(11-9-18)12-13-21-17-20-14-15-22(30-16-6-4-2)25(28)23(20)26(29)24(21)27/h12-13,18-26H,3-11,14-17H2,1-2H3/b13-12+. The second-order valence-electron chi connectivity index (χ2n) is 10.2. The SMILES string of the molecule is CCCCOC1CCC2CC(/C=C/C3CCC(CCCC)CC3)C(F)C(F)C2C1F. The van der Waals surface area contributed by atoms with Crippen LogP contribution in [-0.4, -0.2) is 31.2 Å². The van der Waals surface area contributed by atoms with E-state index in [1.807, 2.05) is 6.08 Å². The van der Waals surface area contributed by atoms with E-state index in [4.69, 9.17) is 4.74 Å². The van der Waals surface area contributed by atoms with Crippen LogP contribution in [-0.2, 0) is 4.74 Å². The topological polar surface area (TPSA) is 9.23 Å². The molecule has 0 N–H and O–H groups in total. The fourth-order valence-corrected chi connectivity index (χ4v) is 6.08. The van der Waals surface area contributed by atoms with E-state index in [-0.39, 0.29) is 5.92 Å². The first kappa shape index (κ1) is 24.1. The molecule has 0 amide bonds. The highest BCUT2D eigenvalue weighted by Gasteiger charge is 2.52. The van der Waals surface area contributed by atoms with E-state index in [1.165, 1.54) is 44.9 Å². The second-order valence-corrected chi connectivity index (χ2v) is 10.2. The van der Waals surface area contributed by atoms with Gasteiger partial charge in [0, 0.05) is 18.4 Å². The highest BCUT2D eigenvalue weighted by Crippen LogP contribution is 2.48. The molecular weight excluding hydrogens is 385 g/mol. The first-order chi connectivity index (χ1) is 14.5. The predicted octanol–water partition coefficient (Wildman–Crippen LogP) is 7.78. The summed E-state index contributed by atoms with van der Waals surface area (Å²) < 4.78 is 50.6. The summed E-state index contributed by atoms with van der Waals surface area (Å²) >= 11 is 0. The number of rotatable bonds is 9. The molecular formula is C26H43F3O. The number of halogens is 3. The van der Waals surface area contributed by atoms with Crippen molar-refractivity contribution in [3.05, 3.63) is 12.2 Å². The zero-order valence-electron chi connectivity index (χ0n) is 19.1. The van der Waals surface area contributed by atoms with Gasteiger partial charge in [-0.05, 0) is 69.1 Å². The Bertz CT molecular complexity index is 514. The summed E-state index contributed by atoms with van der Waals surface area (Å²) in [5.74, 6) is 0.0585. The van der Waals surface area contributed by atoms with Gasteiger partial charge in [0.15, 0.2) is 0 Å². The number of alkyl halides is 3. The molecule has 3 saturated carbocycles. The maximum Gasteiger partial charge on any atom is 0.138 e. The Morgan fingerprint density at radius 2 is 1.53 bits per heavy atom. The molecule has 0 aromatic heterocycles. The minimum absolute atomic E-state index is 0.0625. The average molecular weight is 429 g/mol. The molecule has 3 fully saturated rings. The number of unbranched alkanes of at least 4 members (excludes halogenated alkanes) is 2. The molecule has 7 atom stereocenters. The van der Waals surface area contributed by atoms with Gasteiger partial charge in [0.2, 0.25) is 0 Å². The van der Waals surface area contributed by atoms with Crippen molar-refractivity contribution in [2.24, 2.45) is 29.6 Å². The Morgan fingerprint density at radius 3 is 2.23 bits per heavy atom. The van der Waals surface area contributed by atoms with Crippen LogP contribution in [0, 0.1) is 29.6 Å². The summed E-state index contributed by atoms with van der Waals surface area (Å²) in [5.41, 5.74) is 0. The normalized spacial score (nSPS) is 42.4. The summed E-state index contributed by atoms with van der Waals surface area (Å²) in [4.78, 5) is 0. The second kappa shape index (κ2) is 11.9. The Balaban J connectivity index is 1.51. The van der Waals surface area contributed by atoms with E-state index < -0.39 is 36.5 Å². The lowest BCUT2D eigenvalue weighted by atomic mass is 9.64. The smallest absolute Gasteiger partial charge is 0.138 e. The maximum atomic E-state index is 15.0. The average Bonchev–Trinajstić information content (AvgIpc) is 2.76. The van der Waals surface area contributed by atoms with Crippen LogP contribution in [0.4, 0.5) is 13.2 Å². The van der Waals surface area contributed by atoms with Crippen LogP contribution in [0.5, 0.6) is 0 Å². The van der Waals surface area contributed by atoms with Crippen molar-refractivity contribution in [3.63, 3.8) is 0 Å². The van der Waals surface area contributed by atoms with E-state index in [0.29, 0.717) is 25.4 Å². The van der Waals surface area contributed by atoms with Gasteiger partial charge in [0.1, 0.15) is 18.5 Å². The van der Waals surface area contributed by atoms with Crippen LogP contribution in [0.25, 0.3) is 0 Å². The van der Waals surface area contributed by atoms with Crippen molar-refractivity contribution < 1.29 is 17.9 Å². The van der Waals surface area contributed by atoms with Gasteiger partial charge in [-0.1, -0.05) is 51.7 Å². The Morgan fingerprint density at radius 1 is 0.800 bits per heavy atom. The molecule has 0 aromatic rings. The highest BCUT2D eigenvalue weighted by atomic mass is 19.2. The molecule has 3 rings (SSSR count). The quantitative estimate of drug-likeness (QED) is 0.269. The number of fused-ring (bicyclic) bond motifs is 1. The first-order valence-corrected chi connectivity index (χ1v) is 12.8. The van der Waals surface area contributed by atoms with Gasteiger partial charge in [-0.2, -0.15) is 0 Å². The third-order valence-electron chi connectivity index (χ3n) is 8.06. The van der Waals surface area contributed by atoms with Gasteiger partial charge in [-0.15, -0.1) is 0 Å². The number of ether oxygens (including phenoxy) is 1. The van der Waals surface area contributed by atoms with Gasteiger partial charge < -0.3 is 4.74 Å². The lowest BCUT2D eigenvalue weighted by Crippen LogP contribution is -2.53. The molecule has 4 heteroatoms. The Kier molecular flexibility index (Phi) is 9.60. The van der Waals surface area contributed by atoms with Gasteiger partial charge in [-0.25, -0.2) is 13.2 Å². The number of hydrogen-bond donors (Lipinski definition) is 0. The van der Waals surface area contributed by atoms with Crippen LogP contribution in [0.1, 0.15) is 90.9 Å². The molecule has 0 aliphatic heterocycles. The summed E-state index contributed by atoms with van der Waals surface area (Å²) in [5, 5.41) is 0. The molecule has 174 valence electrons. The van der Waals surface area contributed by atoms with Gasteiger partial charge in [-0.3, -0.25) is 0 Å². The van der Waals surface area contributed by atoms with Gasteiger partial charge in [0.25, 0.3) is 0 Å². The molecule has 0 saturated heterocycles. The first-order valence-electron chi connectivity index (χ1n) is 12.8. The molecule has 0 spiro atoms. The van der Waals surface area contributed by atoms with E-state index >= 15 is 8.78 Å². The molecule has 0 radical (unpaired) electrons. The highest BCUT2D eigenvalue weighted by molar-refractivity contribution is 5.07. The molecule has 3 aliphatic rings. The van der Waals surface area contributed by atoms with Crippen molar-refractivity contribution in [3.8, 4) is 0 Å². The summed E-state index contributed by atoms with van der Waals surface area (Å²) in [6.07, 6.45) is 11.5. The van der Waals surface area contributed by atoms with E-state index in [0.717, 1.165) is 25.2 Å². The third-order valence-corrected chi connectivity index (χ3v) is 8.06. The van der Waals surface area contributed by atoms with Crippen LogP contribution in [0.3, 0.4) is 0 Å². The minimum atomic E-state index is -1.71. The molecule has 1 nitrogen and oxygen atoms in total. The van der Waals surface area contributed by atoms with Crippen LogP contribution in [0.2, 0.25) is 0 Å². The van der Waals surface area contributed by atoms with E-state index in [1.54, 1.807) is 0 Å². The number of hydrogen-bond acceptors (Lipinski definition) is 1. The Labute approximate surface area is 182 Å². The molecule has 3 aliphatic carbocycles. The van der Waals surface area contributed by atoms with Crippen molar-refractivity contribution in [2.75, 3.05) is 6.61 Å². The van der Waals surface area contributed by atoms with E-state index in [2.05, 4.69) is 19.9 Å². The summed E-state index contributed by atoms with van der Waals surface area (Å²) in [6, 6.07) is 0. The molecule has 30 heavy (non-hydrogen) atoms. The molecule has 0 bridgehead atoms. The minimum Gasteiger partial charge on any atom is -0.375 e.